The minimum Gasteiger partial charge on any atom is -0.384 e. The van der Waals surface area contributed by atoms with Crippen LogP contribution in [0.2, 0.25) is 0 Å². The van der Waals surface area contributed by atoms with Gasteiger partial charge >= 0.3 is 0 Å². The summed E-state index contributed by atoms with van der Waals surface area (Å²) in [6.45, 7) is 5.92. The molecule has 0 unspecified atom stereocenters. The minimum absolute atomic E-state index is 0.215. The van der Waals surface area contributed by atoms with Gasteiger partial charge in [-0.15, -0.1) is 0 Å². The average molecular weight is 429 g/mol. The lowest BCUT2D eigenvalue weighted by Crippen LogP contribution is -2.40. The van der Waals surface area contributed by atoms with E-state index in [0.717, 1.165) is 22.3 Å². The summed E-state index contributed by atoms with van der Waals surface area (Å²) in [4.78, 5) is 4.02. The lowest BCUT2D eigenvalue weighted by molar-refractivity contribution is 0.158. The maximum Gasteiger partial charge on any atom is 0.220 e. The number of sulfonamides is 1. The van der Waals surface area contributed by atoms with Crippen molar-refractivity contribution in [3.05, 3.63) is 82.9 Å². The fourth-order valence-corrected chi connectivity index (χ4v) is 4.79. The number of benzene rings is 2. The highest BCUT2D eigenvalue weighted by molar-refractivity contribution is 7.89. The monoisotopic (exact) mass is 428 g/mol. The Balaban J connectivity index is 1.92. The maximum atomic E-state index is 13.5. The van der Waals surface area contributed by atoms with Gasteiger partial charge in [-0.3, -0.25) is 4.68 Å². The highest BCUT2D eigenvalue weighted by Gasteiger charge is 2.36. The molecule has 1 aromatic heterocycles. The van der Waals surface area contributed by atoms with E-state index in [0.29, 0.717) is 0 Å². The molecule has 30 heavy (non-hydrogen) atoms. The largest absolute Gasteiger partial charge is 0.384 e. The zero-order valence-electron chi connectivity index (χ0n) is 17.7. The van der Waals surface area contributed by atoms with E-state index in [1.807, 2.05) is 62.4 Å². The van der Waals surface area contributed by atoms with Crippen LogP contribution >= 0.6 is 0 Å². The molecule has 160 valence electrons. The van der Waals surface area contributed by atoms with Crippen molar-refractivity contribution in [2.24, 2.45) is 7.05 Å². The second-order valence-corrected chi connectivity index (χ2v) is 9.97. The summed E-state index contributed by atoms with van der Waals surface area (Å²) in [5.74, 6) is 0.219. The fourth-order valence-electron chi connectivity index (χ4n) is 3.21. The Morgan fingerprint density at radius 2 is 1.43 bits per heavy atom. The summed E-state index contributed by atoms with van der Waals surface area (Å²) >= 11 is 0. The molecular formula is C22H28N4O3S. The van der Waals surface area contributed by atoms with Crippen LogP contribution in [0.15, 0.2) is 54.9 Å². The van der Waals surface area contributed by atoms with Crippen LogP contribution in [0, 0.1) is 13.8 Å². The van der Waals surface area contributed by atoms with E-state index in [-0.39, 0.29) is 18.9 Å². The van der Waals surface area contributed by atoms with E-state index in [9.17, 15) is 13.5 Å². The van der Waals surface area contributed by atoms with Gasteiger partial charge in [-0.2, -0.15) is 9.40 Å². The number of hydrogen-bond donors (Lipinski definition) is 1. The van der Waals surface area contributed by atoms with Gasteiger partial charge in [-0.1, -0.05) is 59.7 Å². The van der Waals surface area contributed by atoms with E-state index in [4.69, 9.17) is 0 Å². The van der Waals surface area contributed by atoms with Crippen molar-refractivity contribution in [3.63, 3.8) is 0 Å². The van der Waals surface area contributed by atoms with Crippen molar-refractivity contribution in [2.75, 3.05) is 0 Å². The third-order valence-electron chi connectivity index (χ3n) is 5.24. The lowest BCUT2D eigenvalue weighted by atomic mass is 10.1. The highest BCUT2D eigenvalue weighted by atomic mass is 32.2. The van der Waals surface area contributed by atoms with Crippen molar-refractivity contribution in [1.29, 1.82) is 0 Å². The summed E-state index contributed by atoms with van der Waals surface area (Å²) in [7, 11) is -2.23. The molecule has 0 aliphatic carbocycles. The molecule has 2 atom stereocenters. The number of hydrogen-bond acceptors (Lipinski definition) is 5. The van der Waals surface area contributed by atoms with E-state index in [1.165, 1.54) is 22.2 Å². The van der Waals surface area contributed by atoms with Gasteiger partial charge in [-0.05, 0) is 31.9 Å². The number of aromatic nitrogens is 3. The molecule has 0 saturated carbocycles. The number of aryl methyl sites for hydroxylation is 3. The van der Waals surface area contributed by atoms with Crippen LogP contribution in [0.3, 0.4) is 0 Å². The molecule has 0 spiro atoms. The maximum absolute atomic E-state index is 13.5. The molecule has 0 bridgehead atoms. The van der Waals surface area contributed by atoms with Gasteiger partial charge in [0.1, 0.15) is 17.7 Å². The molecule has 7 nitrogen and oxygen atoms in total. The molecular weight excluding hydrogens is 400 g/mol. The molecule has 3 rings (SSSR count). The van der Waals surface area contributed by atoms with Crippen LogP contribution in [0.4, 0.5) is 0 Å². The summed E-state index contributed by atoms with van der Waals surface area (Å²) in [5, 5.41) is 13.6. The number of aliphatic hydroxyl groups excluding tert-OH is 1. The molecule has 3 aromatic rings. The first-order valence-electron chi connectivity index (χ1n) is 9.80. The molecule has 0 fully saturated rings. The number of aliphatic hydroxyl groups is 1. The zero-order chi connectivity index (χ0) is 21.9. The van der Waals surface area contributed by atoms with Crippen LogP contribution in [-0.2, 0) is 30.2 Å². The van der Waals surface area contributed by atoms with Crippen molar-refractivity contribution in [2.45, 2.75) is 45.2 Å². The second kappa shape index (κ2) is 9.07. The van der Waals surface area contributed by atoms with E-state index < -0.39 is 21.4 Å². The molecule has 0 aliphatic heterocycles. The van der Waals surface area contributed by atoms with Crippen LogP contribution in [0.25, 0.3) is 0 Å². The Morgan fingerprint density at radius 3 is 1.83 bits per heavy atom. The van der Waals surface area contributed by atoms with Gasteiger partial charge in [0.05, 0.1) is 0 Å². The summed E-state index contributed by atoms with van der Waals surface area (Å²) in [6, 6.07) is 15.6. The molecule has 1 heterocycles. The minimum atomic E-state index is -3.86. The summed E-state index contributed by atoms with van der Waals surface area (Å²) in [5.41, 5.74) is 3.99. The molecule has 8 heteroatoms. The Kier molecular flexibility index (Phi) is 6.70. The van der Waals surface area contributed by atoms with Gasteiger partial charge in [0.15, 0.2) is 5.82 Å². The smallest absolute Gasteiger partial charge is 0.220 e. The molecule has 0 aliphatic rings. The quantitative estimate of drug-likeness (QED) is 0.596. The first kappa shape index (κ1) is 22.1. The van der Waals surface area contributed by atoms with Gasteiger partial charge < -0.3 is 5.11 Å². The third kappa shape index (κ3) is 4.95. The molecule has 0 amide bonds. The van der Waals surface area contributed by atoms with Crippen molar-refractivity contribution < 1.29 is 13.5 Å². The van der Waals surface area contributed by atoms with Crippen LogP contribution in [0.5, 0.6) is 0 Å². The standard InChI is InChI=1S/C22H28N4O3S/c1-16-5-9-19(10-6-16)13-26(14-20-11-7-17(2)8-12-20)30(28,29)18(3)21(27)22-23-15-24-25(22)4/h5-12,15,18,21,27H,13-14H2,1-4H3/t18-,21+/m0/s1. The number of nitrogens with zero attached hydrogens (tertiary/aromatic N) is 4. The van der Waals surface area contributed by atoms with Crippen molar-refractivity contribution in [3.8, 4) is 0 Å². The van der Waals surface area contributed by atoms with Crippen LogP contribution in [0.1, 0.15) is 41.1 Å². The van der Waals surface area contributed by atoms with Crippen molar-refractivity contribution >= 4 is 10.0 Å². The molecule has 0 saturated heterocycles. The Morgan fingerprint density at radius 1 is 0.967 bits per heavy atom. The first-order chi connectivity index (χ1) is 14.2. The topological polar surface area (TPSA) is 88.3 Å². The molecule has 1 N–H and O–H groups in total. The summed E-state index contributed by atoms with van der Waals surface area (Å²) in [6.07, 6.45) is 0.00916. The second-order valence-electron chi connectivity index (χ2n) is 7.68. The van der Waals surface area contributed by atoms with Gasteiger partial charge in [0, 0.05) is 20.1 Å². The first-order valence-corrected chi connectivity index (χ1v) is 11.3. The zero-order valence-corrected chi connectivity index (χ0v) is 18.5. The van der Waals surface area contributed by atoms with Gasteiger partial charge in [0.2, 0.25) is 10.0 Å². The Hall–Kier alpha value is -2.55. The van der Waals surface area contributed by atoms with E-state index in [1.54, 1.807) is 7.05 Å². The summed E-state index contributed by atoms with van der Waals surface area (Å²) < 4.78 is 29.9. The predicted molar refractivity (Wildman–Crippen MR) is 116 cm³/mol. The van der Waals surface area contributed by atoms with Crippen molar-refractivity contribution in [1.82, 2.24) is 19.1 Å². The van der Waals surface area contributed by atoms with Crippen LogP contribution < -0.4 is 0 Å². The Labute approximate surface area is 178 Å². The normalized spacial score (nSPS) is 14.1. The fraction of sp³-hybridized carbons (Fsp3) is 0.364. The van der Waals surface area contributed by atoms with Crippen LogP contribution in [-0.4, -0.2) is 37.8 Å². The average Bonchev–Trinajstić information content (AvgIpc) is 3.15. The number of rotatable bonds is 8. The van der Waals surface area contributed by atoms with E-state index >= 15 is 0 Å². The Bertz CT molecular complexity index is 1030. The SMILES string of the molecule is Cc1ccc(CN(Cc2ccc(C)cc2)S(=O)(=O)[C@@H](C)[C@@H](O)c2ncnn2C)cc1. The highest BCUT2D eigenvalue weighted by Crippen LogP contribution is 2.25. The molecule has 2 aromatic carbocycles. The van der Waals surface area contributed by atoms with Gasteiger partial charge in [0.25, 0.3) is 0 Å². The third-order valence-corrected chi connectivity index (χ3v) is 7.42. The molecule has 0 radical (unpaired) electrons. The predicted octanol–water partition coefficient (Wildman–Crippen LogP) is 2.89. The lowest BCUT2D eigenvalue weighted by Gasteiger charge is -2.28. The van der Waals surface area contributed by atoms with E-state index in [2.05, 4.69) is 10.1 Å². The van der Waals surface area contributed by atoms with Gasteiger partial charge in [-0.25, -0.2) is 13.4 Å².